The molecule has 0 saturated carbocycles. The Morgan fingerprint density at radius 3 is 3.00 bits per heavy atom. The molecule has 0 radical (unpaired) electrons. The van der Waals surface area contributed by atoms with Gasteiger partial charge in [0.15, 0.2) is 0 Å². The van der Waals surface area contributed by atoms with Crippen molar-refractivity contribution in [3.05, 3.63) is 29.6 Å². The number of carbonyl (C=O) groups excluding carboxylic acids is 1. The predicted molar refractivity (Wildman–Crippen MR) is 64.4 cm³/mol. The molecule has 4 nitrogen and oxygen atoms in total. The third kappa shape index (κ3) is 3.01. The molecule has 1 aliphatic heterocycles. The van der Waals surface area contributed by atoms with Gasteiger partial charge in [-0.3, -0.25) is 4.79 Å². The van der Waals surface area contributed by atoms with Crippen molar-refractivity contribution in [1.82, 2.24) is 10.6 Å². The molecular weight excluding hydrogens is 221 g/mol. The van der Waals surface area contributed by atoms with Crippen molar-refractivity contribution in [2.45, 2.75) is 13.0 Å². The van der Waals surface area contributed by atoms with Crippen molar-refractivity contribution in [1.29, 1.82) is 0 Å². The van der Waals surface area contributed by atoms with E-state index in [1.807, 2.05) is 6.92 Å². The molecule has 3 N–H and O–H groups in total. The zero-order valence-electron chi connectivity index (χ0n) is 9.72. The van der Waals surface area contributed by atoms with Gasteiger partial charge in [-0.05, 0) is 24.6 Å². The average molecular weight is 237 g/mol. The van der Waals surface area contributed by atoms with Crippen LogP contribution in [-0.4, -0.2) is 31.6 Å². The molecule has 0 aromatic heterocycles. The maximum absolute atomic E-state index is 13.1. The molecule has 1 aliphatic rings. The number of rotatable bonds is 2. The topological polar surface area (TPSA) is 53.2 Å². The van der Waals surface area contributed by atoms with Crippen LogP contribution in [0.15, 0.2) is 18.2 Å². The molecule has 0 bridgehead atoms. The van der Waals surface area contributed by atoms with Crippen LogP contribution in [0.3, 0.4) is 0 Å². The van der Waals surface area contributed by atoms with Gasteiger partial charge in [-0.25, -0.2) is 4.39 Å². The summed E-state index contributed by atoms with van der Waals surface area (Å²) in [6, 6.07) is 4.11. The van der Waals surface area contributed by atoms with Crippen LogP contribution >= 0.6 is 0 Å². The highest BCUT2D eigenvalue weighted by Crippen LogP contribution is 2.16. The minimum Gasteiger partial charge on any atom is -0.324 e. The zero-order valence-corrected chi connectivity index (χ0v) is 9.72. The Morgan fingerprint density at radius 2 is 2.29 bits per heavy atom. The van der Waals surface area contributed by atoms with E-state index in [-0.39, 0.29) is 17.8 Å². The summed E-state index contributed by atoms with van der Waals surface area (Å²) in [7, 11) is 0. The lowest BCUT2D eigenvalue weighted by Crippen LogP contribution is -2.54. The number of nitrogens with one attached hydrogen (secondary N) is 3. The molecule has 17 heavy (non-hydrogen) atoms. The summed E-state index contributed by atoms with van der Waals surface area (Å²) < 4.78 is 13.1. The Balaban J connectivity index is 2.04. The summed E-state index contributed by atoms with van der Waals surface area (Å²) >= 11 is 0. The highest BCUT2D eigenvalue weighted by molar-refractivity contribution is 5.95. The largest absolute Gasteiger partial charge is 0.324 e. The maximum Gasteiger partial charge on any atom is 0.242 e. The highest BCUT2D eigenvalue weighted by Gasteiger charge is 2.20. The predicted octanol–water partition coefficient (Wildman–Crippen LogP) is 0.634. The van der Waals surface area contributed by atoms with Crippen LogP contribution in [0.2, 0.25) is 0 Å². The number of halogens is 1. The second-order valence-electron chi connectivity index (χ2n) is 4.16. The third-order valence-corrected chi connectivity index (χ3v) is 2.81. The van der Waals surface area contributed by atoms with E-state index in [1.165, 1.54) is 12.1 Å². The van der Waals surface area contributed by atoms with E-state index in [0.717, 1.165) is 18.7 Å². The number of hydrogen-bond donors (Lipinski definition) is 3. The fourth-order valence-electron chi connectivity index (χ4n) is 1.79. The van der Waals surface area contributed by atoms with E-state index >= 15 is 0 Å². The molecule has 1 heterocycles. The molecule has 92 valence electrons. The lowest BCUT2D eigenvalue weighted by atomic mass is 10.1. The lowest BCUT2D eigenvalue weighted by molar-refractivity contribution is -0.118. The molecule has 1 unspecified atom stereocenters. The minimum atomic E-state index is -0.347. The Morgan fingerprint density at radius 1 is 1.47 bits per heavy atom. The smallest absolute Gasteiger partial charge is 0.242 e. The Bertz CT molecular complexity index is 416. The molecule has 2 rings (SSSR count). The number of amides is 1. The molecule has 0 spiro atoms. The first-order chi connectivity index (χ1) is 8.16. The summed E-state index contributed by atoms with van der Waals surface area (Å²) in [4.78, 5) is 11.9. The molecular formula is C12H16FN3O. The fraction of sp³-hybridized carbons (Fsp3) is 0.417. The van der Waals surface area contributed by atoms with Gasteiger partial charge < -0.3 is 16.0 Å². The van der Waals surface area contributed by atoms with E-state index in [1.54, 1.807) is 6.07 Å². The second kappa shape index (κ2) is 5.25. The molecule has 1 saturated heterocycles. The molecule has 0 aliphatic carbocycles. The molecule has 1 aromatic carbocycles. The summed E-state index contributed by atoms with van der Waals surface area (Å²) in [6.07, 6.45) is 0. The van der Waals surface area contributed by atoms with Gasteiger partial charge in [0.2, 0.25) is 5.91 Å². The Labute approximate surface area is 99.6 Å². The molecule has 1 amide bonds. The van der Waals surface area contributed by atoms with Crippen LogP contribution < -0.4 is 16.0 Å². The van der Waals surface area contributed by atoms with E-state index in [9.17, 15) is 9.18 Å². The van der Waals surface area contributed by atoms with Crippen LogP contribution in [-0.2, 0) is 4.79 Å². The number of piperazine rings is 1. The lowest BCUT2D eigenvalue weighted by Gasteiger charge is -2.23. The van der Waals surface area contributed by atoms with Crippen LogP contribution in [0, 0.1) is 12.7 Å². The standard InChI is InChI=1S/C12H16FN3O/c1-8-2-3-9(13)6-10(8)16-12(17)11-7-14-4-5-15-11/h2-3,6,11,14-15H,4-5,7H2,1H3,(H,16,17). The highest BCUT2D eigenvalue weighted by atomic mass is 19.1. The minimum absolute atomic E-state index is 0.133. The average Bonchev–Trinajstić information content (AvgIpc) is 2.35. The van der Waals surface area contributed by atoms with Gasteiger partial charge in [0.05, 0.1) is 6.04 Å². The van der Waals surface area contributed by atoms with Crippen molar-refractivity contribution in [2.24, 2.45) is 0 Å². The van der Waals surface area contributed by atoms with Gasteiger partial charge in [-0.1, -0.05) is 6.07 Å². The van der Waals surface area contributed by atoms with Crippen molar-refractivity contribution >= 4 is 11.6 Å². The number of benzene rings is 1. The van der Waals surface area contributed by atoms with Crippen molar-refractivity contribution in [2.75, 3.05) is 25.0 Å². The first kappa shape index (κ1) is 12.0. The SMILES string of the molecule is Cc1ccc(F)cc1NC(=O)C1CNCCN1. The van der Waals surface area contributed by atoms with Crippen molar-refractivity contribution in [3.8, 4) is 0 Å². The number of aryl methyl sites for hydroxylation is 1. The van der Waals surface area contributed by atoms with E-state index < -0.39 is 0 Å². The molecule has 1 aromatic rings. The number of anilines is 1. The summed E-state index contributed by atoms with van der Waals surface area (Å²) in [6.45, 7) is 4.06. The first-order valence-electron chi connectivity index (χ1n) is 5.68. The van der Waals surface area contributed by atoms with Gasteiger partial charge in [0, 0.05) is 25.3 Å². The van der Waals surface area contributed by atoms with Crippen LogP contribution in [0.4, 0.5) is 10.1 Å². The van der Waals surface area contributed by atoms with Crippen molar-refractivity contribution in [3.63, 3.8) is 0 Å². The third-order valence-electron chi connectivity index (χ3n) is 2.81. The molecule has 5 heteroatoms. The number of carbonyl (C=O) groups is 1. The summed E-state index contributed by atoms with van der Waals surface area (Å²) in [5, 5.41) is 8.97. The van der Waals surface area contributed by atoms with Gasteiger partial charge in [0.25, 0.3) is 0 Å². The van der Waals surface area contributed by atoms with E-state index in [0.29, 0.717) is 12.2 Å². The normalized spacial score (nSPS) is 20.0. The second-order valence-corrected chi connectivity index (χ2v) is 4.16. The van der Waals surface area contributed by atoms with Crippen LogP contribution in [0.1, 0.15) is 5.56 Å². The van der Waals surface area contributed by atoms with Gasteiger partial charge in [-0.15, -0.1) is 0 Å². The van der Waals surface area contributed by atoms with E-state index in [4.69, 9.17) is 0 Å². The summed E-state index contributed by atoms with van der Waals surface area (Å²) in [5.74, 6) is -0.480. The summed E-state index contributed by atoms with van der Waals surface area (Å²) in [5.41, 5.74) is 1.38. The van der Waals surface area contributed by atoms with Gasteiger partial charge in [0.1, 0.15) is 5.82 Å². The monoisotopic (exact) mass is 237 g/mol. The Hall–Kier alpha value is -1.46. The fourth-order valence-corrected chi connectivity index (χ4v) is 1.79. The van der Waals surface area contributed by atoms with Crippen molar-refractivity contribution < 1.29 is 9.18 Å². The zero-order chi connectivity index (χ0) is 12.3. The van der Waals surface area contributed by atoms with Crippen LogP contribution in [0.5, 0.6) is 0 Å². The quantitative estimate of drug-likeness (QED) is 0.707. The number of hydrogen-bond acceptors (Lipinski definition) is 3. The van der Waals surface area contributed by atoms with Crippen LogP contribution in [0.25, 0.3) is 0 Å². The Kier molecular flexibility index (Phi) is 3.71. The van der Waals surface area contributed by atoms with Gasteiger partial charge in [-0.2, -0.15) is 0 Å². The maximum atomic E-state index is 13.1. The first-order valence-corrected chi connectivity index (χ1v) is 5.68. The molecule has 1 fully saturated rings. The van der Waals surface area contributed by atoms with E-state index in [2.05, 4.69) is 16.0 Å². The molecule has 1 atom stereocenters. The van der Waals surface area contributed by atoms with Gasteiger partial charge >= 0.3 is 0 Å².